The second-order valence-corrected chi connectivity index (χ2v) is 5.03. The van der Waals surface area contributed by atoms with Gasteiger partial charge in [0.15, 0.2) is 5.92 Å². The Morgan fingerprint density at radius 1 is 0.950 bits per heavy atom. The maximum Gasteiger partial charge on any atom is 0.325 e. The van der Waals surface area contributed by atoms with Crippen LogP contribution in [-0.2, 0) is 19.1 Å². The first-order valence-electron chi connectivity index (χ1n) is 6.58. The van der Waals surface area contributed by atoms with Crippen molar-refractivity contribution in [1.29, 1.82) is 0 Å². The minimum Gasteiger partial charge on any atom is -0.462 e. The molecule has 0 heterocycles. The van der Waals surface area contributed by atoms with Crippen LogP contribution in [-0.4, -0.2) is 24.1 Å². The van der Waals surface area contributed by atoms with E-state index in [1.807, 2.05) is 0 Å². The number of carbonyl (C=O) groups excluding carboxylic acids is 2. The molecule has 0 fully saturated rings. The van der Waals surface area contributed by atoms with Gasteiger partial charge in [-0.3, -0.25) is 9.59 Å². The number of nitrogens with two attached hydrogens (primary N) is 1. The van der Waals surface area contributed by atoms with E-state index in [-0.39, 0.29) is 12.2 Å². The third-order valence-electron chi connectivity index (χ3n) is 2.48. The molecule has 0 aliphatic heterocycles. The van der Waals surface area contributed by atoms with Gasteiger partial charge in [-0.05, 0) is 33.8 Å². The number of anilines is 1. The Bertz CT molecular complexity index is 461. The lowest BCUT2D eigenvalue weighted by atomic mass is 9.97. The van der Waals surface area contributed by atoms with Crippen molar-refractivity contribution < 1.29 is 19.1 Å². The normalized spacial score (nSPS) is 10.9. The summed E-state index contributed by atoms with van der Waals surface area (Å²) in [7, 11) is 0. The van der Waals surface area contributed by atoms with Gasteiger partial charge in [0.1, 0.15) is 0 Å². The fourth-order valence-electron chi connectivity index (χ4n) is 1.72. The zero-order valence-corrected chi connectivity index (χ0v) is 12.3. The molecule has 2 N–H and O–H groups in total. The molecule has 5 nitrogen and oxygen atoms in total. The van der Waals surface area contributed by atoms with Gasteiger partial charge < -0.3 is 15.2 Å². The van der Waals surface area contributed by atoms with Crippen molar-refractivity contribution in [3.05, 3.63) is 29.8 Å². The van der Waals surface area contributed by atoms with Crippen LogP contribution < -0.4 is 5.73 Å². The minimum atomic E-state index is -1.15. The van der Waals surface area contributed by atoms with Crippen LogP contribution >= 0.6 is 0 Å². The highest BCUT2D eigenvalue weighted by Crippen LogP contribution is 2.25. The molecule has 0 unspecified atom stereocenters. The predicted molar refractivity (Wildman–Crippen MR) is 76.1 cm³/mol. The Morgan fingerprint density at radius 3 is 1.80 bits per heavy atom. The molecule has 0 amide bonds. The van der Waals surface area contributed by atoms with Gasteiger partial charge in [0, 0.05) is 11.3 Å². The van der Waals surface area contributed by atoms with E-state index in [1.54, 1.807) is 52.0 Å². The van der Waals surface area contributed by atoms with Crippen molar-refractivity contribution in [3.63, 3.8) is 0 Å². The Balaban J connectivity index is 3.11. The van der Waals surface area contributed by atoms with Gasteiger partial charge >= 0.3 is 11.9 Å². The highest BCUT2D eigenvalue weighted by atomic mass is 16.6. The first kappa shape index (κ1) is 16.0. The summed E-state index contributed by atoms with van der Waals surface area (Å²) in [4.78, 5) is 24.3. The van der Waals surface area contributed by atoms with Gasteiger partial charge in [-0.2, -0.15) is 0 Å². The smallest absolute Gasteiger partial charge is 0.325 e. The number of para-hydroxylation sites is 1. The van der Waals surface area contributed by atoms with E-state index in [9.17, 15) is 9.59 Å². The van der Waals surface area contributed by atoms with Gasteiger partial charge in [-0.1, -0.05) is 18.2 Å². The van der Waals surface area contributed by atoms with Gasteiger partial charge in [0.05, 0.1) is 12.2 Å². The summed E-state index contributed by atoms with van der Waals surface area (Å²) in [6, 6.07) is 6.71. The molecule has 110 valence electrons. The number of carbonyl (C=O) groups is 2. The number of benzene rings is 1. The largest absolute Gasteiger partial charge is 0.462 e. The van der Waals surface area contributed by atoms with Crippen LogP contribution in [0.2, 0.25) is 0 Å². The van der Waals surface area contributed by atoms with Crippen molar-refractivity contribution in [2.45, 2.75) is 45.8 Å². The highest BCUT2D eigenvalue weighted by molar-refractivity contribution is 6.02. The van der Waals surface area contributed by atoms with Gasteiger partial charge in [-0.25, -0.2) is 0 Å². The maximum absolute atomic E-state index is 12.2. The summed E-state index contributed by atoms with van der Waals surface area (Å²) >= 11 is 0. The summed E-state index contributed by atoms with van der Waals surface area (Å²) in [6.45, 7) is 6.88. The van der Waals surface area contributed by atoms with Crippen molar-refractivity contribution >= 4 is 17.6 Å². The van der Waals surface area contributed by atoms with Crippen molar-refractivity contribution in [2.75, 3.05) is 5.73 Å². The van der Waals surface area contributed by atoms with E-state index in [2.05, 4.69) is 0 Å². The molecule has 20 heavy (non-hydrogen) atoms. The average molecular weight is 279 g/mol. The van der Waals surface area contributed by atoms with Crippen LogP contribution in [0.5, 0.6) is 0 Å². The third kappa shape index (κ3) is 4.26. The first-order chi connectivity index (χ1) is 9.32. The van der Waals surface area contributed by atoms with Crippen molar-refractivity contribution in [2.24, 2.45) is 0 Å². The van der Waals surface area contributed by atoms with E-state index in [0.717, 1.165) is 0 Å². The Labute approximate surface area is 119 Å². The van der Waals surface area contributed by atoms with Crippen molar-refractivity contribution in [3.8, 4) is 0 Å². The molecule has 0 bridgehead atoms. The van der Waals surface area contributed by atoms with E-state index < -0.39 is 17.9 Å². The number of nitrogen functional groups attached to an aromatic ring is 1. The number of hydrogen-bond donors (Lipinski definition) is 1. The Kier molecular flexibility index (Phi) is 5.55. The zero-order chi connectivity index (χ0) is 15.3. The number of esters is 2. The van der Waals surface area contributed by atoms with Crippen LogP contribution in [0.15, 0.2) is 24.3 Å². The fraction of sp³-hybridized carbons (Fsp3) is 0.467. The molecule has 0 saturated carbocycles. The number of hydrogen-bond acceptors (Lipinski definition) is 5. The van der Waals surface area contributed by atoms with Crippen molar-refractivity contribution in [1.82, 2.24) is 0 Å². The molecule has 0 aliphatic carbocycles. The first-order valence-corrected chi connectivity index (χ1v) is 6.58. The van der Waals surface area contributed by atoms with E-state index in [0.29, 0.717) is 11.3 Å². The van der Waals surface area contributed by atoms with Crippen LogP contribution in [0.4, 0.5) is 5.69 Å². The van der Waals surface area contributed by atoms with E-state index in [1.165, 1.54) is 0 Å². The van der Waals surface area contributed by atoms with Crippen LogP contribution in [0.1, 0.15) is 39.2 Å². The molecule has 1 aromatic carbocycles. The predicted octanol–water partition coefficient (Wildman–Crippen LogP) is 2.26. The lowest BCUT2D eigenvalue weighted by Gasteiger charge is -2.19. The highest BCUT2D eigenvalue weighted by Gasteiger charge is 2.34. The molecular weight excluding hydrogens is 258 g/mol. The summed E-state index contributed by atoms with van der Waals surface area (Å²) in [5.41, 5.74) is 6.61. The number of rotatable bonds is 5. The maximum atomic E-state index is 12.2. The number of ether oxygens (including phenoxy) is 2. The molecule has 1 aromatic rings. The SMILES string of the molecule is CC(C)OC(=O)C(C(=O)OC(C)C)c1ccccc1N. The standard InChI is InChI=1S/C15H21NO4/c1-9(2)19-14(17)13(15(18)20-10(3)4)11-7-5-6-8-12(11)16/h5-10,13H,16H2,1-4H3. The van der Waals surface area contributed by atoms with Gasteiger partial charge in [-0.15, -0.1) is 0 Å². The molecule has 1 rings (SSSR count). The minimum absolute atomic E-state index is 0.318. The summed E-state index contributed by atoms with van der Waals surface area (Å²) < 4.78 is 10.3. The second kappa shape index (κ2) is 6.93. The average Bonchev–Trinajstić information content (AvgIpc) is 2.30. The lowest BCUT2D eigenvalue weighted by molar-refractivity contribution is -0.161. The Hall–Kier alpha value is -2.04. The molecule has 0 saturated heterocycles. The third-order valence-corrected chi connectivity index (χ3v) is 2.48. The second-order valence-electron chi connectivity index (χ2n) is 5.03. The molecule has 5 heteroatoms. The molecule has 0 aromatic heterocycles. The van der Waals surface area contributed by atoms with Gasteiger partial charge in [0.25, 0.3) is 0 Å². The quantitative estimate of drug-likeness (QED) is 0.508. The molecular formula is C15H21NO4. The fourth-order valence-corrected chi connectivity index (χ4v) is 1.72. The van der Waals surface area contributed by atoms with Crippen LogP contribution in [0.3, 0.4) is 0 Å². The Morgan fingerprint density at radius 2 is 1.40 bits per heavy atom. The topological polar surface area (TPSA) is 78.6 Å². The van der Waals surface area contributed by atoms with E-state index >= 15 is 0 Å². The molecule has 0 spiro atoms. The van der Waals surface area contributed by atoms with Gasteiger partial charge in [0.2, 0.25) is 0 Å². The summed E-state index contributed by atoms with van der Waals surface area (Å²) in [6.07, 6.45) is -0.636. The van der Waals surface area contributed by atoms with E-state index in [4.69, 9.17) is 15.2 Å². The van der Waals surface area contributed by atoms with Crippen LogP contribution in [0, 0.1) is 0 Å². The van der Waals surface area contributed by atoms with Crippen LogP contribution in [0.25, 0.3) is 0 Å². The molecule has 0 radical (unpaired) electrons. The summed E-state index contributed by atoms with van der Waals surface area (Å²) in [5.74, 6) is -2.45. The zero-order valence-electron chi connectivity index (χ0n) is 12.3. The summed E-state index contributed by atoms with van der Waals surface area (Å²) in [5, 5.41) is 0. The molecule has 0 atom stereocenters. The molecule has 0 aliphatic rings. The monoisotopic (exact) mass is 279 g/mol. The lowest BCUT2D eigenvalue weighted by Crippen LogP contribution is -2.30.